The van der Waals surface area contributed by atoms with Crippen molar-refractivity contribution in [3.8, 4) is 0 Å². The van der Waals surface area contributed by atoms with E-state index in [1.54, 1.807) is 6.20 Å². The van der Waals surface area contributed by atoms with Gasteiger partial charge in [0.2, 0.25) is 0 Å². The molecule has 0 fully saturated rings. The van der Waals surface area contributed by atoms with Gasteiger partial charge >= 0.3 is 0 Å². The van der Waals surface area contributed by atoms with Gasteiger partial charge < -0.3 is 15.0 Å². The van der Waals surface area contributed by atoms with E-state index in [-0.39, 0.29) is 18.0 Å². The maximum absolute atomic E-state index is 13.7. The molecule has 0 bridgehead atoms. The summed E-state index contributed by atoms with van der Waals surface area (Å²) in [7, 11) is 0. The van der Waals surface area contributed by atoms with Crippen molar-refractivity contribution in [2.45, 2.75) is 13.1 Å². The molecule has 2 aromatic heterocycles. The smallest absolute Gasteiger partial charge is 0.251 e. The highest BCUT2D eigenvalue weighted by Crippen LogP contribution is 2.11. The van der Waals surface area contributed by atoms with Crippen molar-refractivity contribution < 1.29 is 18.4 Å². The van der Waals surface area contributed by atoms with Gasteiger partial charge in [0.1, 0.15) is 17.3 Å². The van der Waals surface area contributed by atoms with E-state index in [1.807, 2.05) is 28.9 Å². The molecule has 4 aromatic rings. The summed E-state index contributed by atoms with van der Waals surface area (Å²) in [4.78, 5) is 28.8. The van der Waals surface area contributed by atoms with Gasteiger partial charge in [-0.3, -0.25) is 9.59 Å². The van der Waals surface area contributed by atoms with Gasteiger partial charge in [-0.25, -0.2) is 13.8 Å². The number of nitrogens with zero attached hydrogens (tertiary/aromatic N) is 2. The monoisotopic (exact) mass is 420 g/mol. The zero-order valence-corrected chi connectivity index (χ0v) is 16.3. The predicted octanol–water partition coefficient (Wildman–Crippen LogP) is 3.47. The lowest BCUT2D eigenvalue weighted by molar-refractivity contribution is 0.0939. The Morgan fingerprint density at radius 1 is 0.839 bits per heavy atom. The second-order valence-electron chi connectivity index (χ2n) is 6.91. The van der Waals surface area contributed by atoms with Crippen molar-refractivity contribution in [1.29, 1.82) is 0 Å². The van der Waals surface area contributed by atoms with Gasteiger partial charge in [-0.05, 0) is 60.2 Å². The number of rotatable bonds is 6. The number of hydrogen-bond donors (Lipinski definition) is 2. The lowest BCUT2D eigenvalue weighted by atomic mass is 10.1. The Hall–Kier alpha value is -4.07. The van der Waals surface area contributed by atoms with Crippen LogP contribution in [0.5, 0.6) is 0 Å². The van der Waals surface area contributed by atoms with Crippen molar-refractivity contribution >= 4 is 17.5 Å². The molecule has 0 aliphatic carbocycles. The molecule has 8 heteroatoms. The molecule has 0 unspecified atom stereocenters. The molecule has 0 saturated heterocycles. The van der Waals surface area contributed by atoms with E-state index in [4.69, 9.17) is 0 Å². The summed E-state index contributed by atoms with van der Waals surface area (Å²) in [5.74, 6) is -1.91. The van der Waals surface area contributed by atoms with Crippen LogP contribution in [0, 0.1) is 11.6 Å². The van der Waals surface area contributed by atoms with Gasteiger partial charge in [-0.1, -0.05) is 0 Å². The van der Waals surface area contributed by atoms with Crippen LogP contribution in [0.2, 0.25) is 0 Å². The van der Waals surface area contributed by atoms with Gasteiger partial charge in [0.15, 0.2) is 0 Å². The Bertz CT molecular complexity index is 1250. The van der Waals surface area contributed by atoms with Crippen LogP contribution in [0.4, 0.5) is 8.78 Å². The molecule has 0 radical (unpaired) electrons. The highest BCUT2D eigenvalue weighted by Gasteiger charge is 2.11. The summed E-state index contributed by atoms with van der Waals surface area (Å²) in [5, 5.41) is 5.36. The Balaban J connectivity index is 1.33. The molecule has 2 N–H and O–H groups in total. The highest BCUT2D eigenvalue weighted by atomic mass is 19.1. The number of carbonyl (C=O) groups excluding carboxylic acids is 2. The quantitative estimate of drug-likeness (QED) is 0.502. The highest BCUT2D eigenvalue weighted by molar-refractivity contribution is 5.97. The Morgan fingerprint density at radius 3 is 2.23 bits per heavy atom. The molecule has 6 nitrogen and oxygen atoms in total. The van der Waals surface area contributed by atoms with E-state index < -0.39 is 17.5 Å². The summed E-state index contributed by atoms with van der Waals surface area (Å²) in [5.41, 5.74) is 2.46. The maximum Gasteiger partial charge on any atom is 0.251 e. The Morgan fingerprint density at radius 2 is 1.52 bits per heavy atom. The third-order valence-electron chi connectivity index (χ3n) is 4.77. The number of benzene rings is 2. The third kappa shape index (κ3) is 4.75. The van der Waals surface area contributed by atoms with Crippen molar-refractivity contribution in [3.63, 3.8) is 0 Å². The SMILES string of the molecule is O=C(NCc1ccn2ccnc2c1)c1ccc(C(=O)NCc2cc(F)ccc2F)cc1. The first-order valence-corrected chi connectivity index (χ1v) is 9.51. The summed E-state index contributed by atoms with van der Waals surface area (Å²) in [6, 6.07) is 12.9. The summed E-state index contributed by atoms with van der Waals surface area (Å²) >= 11 is 0. The molecule has 0 saturated carbocycles. The first-order valence-electron chi connectivity index (χ1n) is 9.51. The first-order chi connectivity index (χ1) is 15.0. The minimum absolute atomic E-state index is 0.0536. The fraction of sp³-hybridized carbons (Fsp3) is 0.0870. The van der Waals surface area contributed by atoms with Gasteiger partial charge in [-0.2, -0.15) is 0 Å². The number of nitrogens with one attached hydrogen (secondary N) is 2. The zero-order chi connectivity index (χ0) is 21.8. The predicted molar refractivity (Wildman–Crippen MR) is 110 cm³/mol. The molecule has 2 aromatic carbocycles. The Kier molecular flexibility index (Phi) is 5.70. The van der Waals surface area contributed by atoms with Gasteiger partial charge in [0, 0.05) is 48.4 Å². The Labute approximate surface area is 176 Å². The van der Waals surface area contributed by atoms with E-state index in [0.29, 0.717) is 17.7 Å². The number of aromatic nitrogens is 2. The largest absolute Gasteiger partial charge is 0.348 e. The van der Waals surface area contributed by atoms with Crippen LogP contribution >= 0.6 is 0 Å². The van der Waals surface area contributed by atoms with Gasteiger partial charge in [0.05, 0.1) is 0 Å². The number of fused-ring (bicyclic) bond motifs is 1. The molecule has 0 spiro atoms. The number of hydrogen-bond acceptors (Lipinski definition) is 3. The van der Waals surface area contributed by atoms with E-state index >= 15 is 0 Å². The standard InChI is InChI=1S/C23H18F2N4O2/c24-19-5-6-20(25)18(12-19)14-28-23(31)17-3-1-16(2-4-17)22(30)27-13-15-7-9-29-10-8-26-21(29)11-15/h1-12H,13-14H2,(H,27,30)(H,28,31). The first kappa shape index (κ1) is 20.2. The molecule has 2 heterocycles. The topological polar surface area (TPSA) is 75.5 Å². The molecule has 0 atom stereocenters. The normalized spacial score (nSPS) is 10.8. The number of carbonyl (C=O) groups is 2. The van der Waals surface area contributed by atoms with Crippen LogP contribution < -0.4 is 10.6 Å². The number of pyridine rings is 1. The number of imidazole rings is 1. The van der Waals surface area contributed by atoms with Crippen molar-refractivity contribution in [2.75, 3.05) is 0 Å². The fourth-order valence-electron chi connectivity index (χ4n) is 3.08. The molecule has 2 amide bonds. The lowest BCUT2D eigenvalue weighted by Gasteiger charge is -2.08. The van der Waals surface area contributed by atoms with Crippen LogP contribution in [0.25, 0.3) is 5.65 Å². The molecule has 31 heavy (non-hydrogen) atoms. The molecule has 4 rings (SSSR count). The van der Waals surface area contributed by atoms with E-state index in [9.17, 15) is 18.4 Å². The van der Waals surface area contributed by atoms with Crippen molar-refractivity contribution in [1.82, 2.24) is 20.0 Å². The minimum atomic E-state index is -0.597. The van der Waals surface area contributed by atoms with Crippen LogP contribution in [-0.4, -0.2) is 21.2 Å². The summed E-state index contributed by atoms with van der Waals surface area (Å²) in [6.45, 7) is 0.190. The van der Waals surface area contributed by atoms with Crippen LogP contribution in [0.1, 0.15) is 31.8 Å². The summed E-state index contributed by atoms with van der Waals surface area (Å²) < 4.78 is 28.7. The fourth-order valence-corrected chi connectivity index (χ4v) is 3.08. The van der Waals surface area contributed by atoms with Crippen LogP contribution in [-0.2, 0) is 13.1 Å². The molecule has 0 aliphatic rings. The zero-order valence-electron chi connectivity index (χ0n) is 16.3. The van der Waals surface area contributed by atoms with Crippen LogP contribution in [0.15, 0.2) is 73.2 Å². The third-order valence-corrected chi connectivity index (χ3v) is 4.77. The second kappa shape index (κ2) is 8.74. The molecular formula is C23H18F2N4O2. The van der Waals surface area contributed by atoms with E-state index in [2.05, 4.69) is 15.6 Å². The number of amides is 2. The average molecular weight is 420 g/mol. The molecule has 156 valence electrons. The minimum Gasteiger partial charge on any atom is -0.348 e. The lowest BCUT2D eigenvalue weighted by Crippen LogP contribution is -2.24. The molecule has 0 aliphatic heterocycles. The van der Waals surface area contributed by atoms with Gasteiger partial charge in [-0.15, -0.1) is 0 Å². The summed E-state index contributed by atoms with van der Waals surface area (Å²) in [6.07, 6.45) is 5.40. The number of halogens is 2. The van der Waals surface area contributed by atoms with Crippen molar-refractivity contribution in [3.05, 3.63) is 107 Å². The average Bonchev–Trinajstić information content (AvgIpc) is 3.26. The second-order valence-corrected chi connectivity index (χ2v) is 6.91. The van der Waals surface area contributed by atoms with E-state index in [1.165, 1.54) is 24.3 Å². The van der Waals surface area contributed by atoms with Crippen molar-refractivity contribution in [2.24, 2.45) is 0 Å². The van der Waals surface area contributed by atoms with Crippen LogP contribution in [0.3, 0.4) is 0 Å². The molecular weight excluding hydrogens is 402 g/mol. The van der Waals surface area contributed by atoms with E-state index in [0.717, 1.165) is 29.4 Å². The maximum atomic E-state index is 13.7. The van der Waals surface area contributed by atoms with Gasteiger partial charge in [0.25, 0.3) is 11.8 Å².